The lowest BCUT2D eigenvalue weighted by molar-refractivity contribution is -0.131. The molecule has 6 heteroatoms. The van der Waals surface area contributed by atoms with Crippen LogP contribution in [0.2, 0.25) is 0 Å². The number of carbonyl (C=O) groups is 2. The van der Waals surface area contributed by atoms with E-state index in [1.807, 2.05) is 42.2 Å². The summed E-state index contributed by atoms with van der Waals surface area (Å²) in [5.41, 5.74) is 1.08. The number of carbonyl (C=O) groups excluding carboxylic acids is 2. The molecule has 124 valence electrons. The second-order valence-electron chi connectivity index (χ2n) is 6.01. The lowest BCUT2D eigenvalue weighted by Crippen LogP contribution is -2.41. The number of alkyl halides is 1. The van der Waals surface area contributed by atoms with Gasteiger partial charge in [0.1, 0.15) is 13.3 Å². The van der Waals surface area contributed by atoms with Crippen LogP contribution in [0.5, 0.6) is 0 Å². The number of hydrogen-bond acceptors (Lipinski definition) is 3. The first-order chi connectivity index (χ1) is 11.1. The van der Waals surface area contributed by atoms with Gasteiger partial charge in [0.05, 0.1) is 18.1 Å². The molecule has 0 unspecified atom stereocenters. The van der Waals surface area contributed by atoms with Gasteiger partial charge in [0.25, 0.3) is 0 Å². The second-order valence-corrected chi connectivity index (χ2v) is 6.01. The van der Waals surface area contributed by atoms with Crippen molar-refractivity contribution in [3.05, 3.63) is 35.9 Å². The summed E-state index contributed by atoms with van der Waals surface area (Å²) in [7, 11) is 0. The number of amides is 2. The average molecular weight is 320 g/mol. The number of fused-ring (bicyclic) bond motifs is 1. The van der Waals surface area contributed by atoms with Crippen LogP contribution < -0.4 is 0 Å². The number of nitrogens with zero attached hydrogens (tertiary/aromatic N) is 2. The molecule has 23 heavy (non-hydrogen) atoms. The summed E-state index contributed by atoms with van der Waals surface area (Å²) in [5, 5.41) is 0. The molecule has 1 aromatic rings. The Hall–Kier alpha value is -2.11. The van der Waals surface area contributed by atoms with E-state index in [0.717, 1.165) is 12.0 Å². The van der Waals surface area contributed by atoms with Crippen molar-refractivity contribution in [1.29, 1.82) is 0 Å². The van der Waals surface area contributed by atoms with Crippen molar-refractivity contribution in [1.82, 2.24) is 9.80 Å². The van der Waals surface area contributed by atoms with E-state index in [4.69, 9.17) is 4.74 Å². The van der Waals surface area contributed by atoms with Gasteiger partial charge in [-0.05, 0) is 18.9 Å². The predicted molar refractivity (Wildman–Crippen MR) is 82.5 cm³/mol. The molecule has 0 N–H and O–H groups in total. The highest BCUT2D eigenvalue weighted by molar-refractivity contribution is 5.82. The predicted octanol–water partition coefficient (Wildman–Crippen LogP) is 2.53. The maximum absolute atomic E-state index is 12.5. The van der Waals surface area contributed by atoms with Crippen LogP contribution >= 0.6 is 0 Å². The third-order valence-electron chi connectivity index (χ3n) is 4.78. The number of halogens is 1. The van der Waals surface area contributed by atoms with Crippen molar-refractivity contribution in [2.45, 2.75) is 37.9 Å². The summed E-state index contributed by atoms with van der Waals surface area (Å²) in [5.74, 6) is 0.0549. The molecule has 1 aromatic carbocycles. The third-order valence-corrected chi connectivity index (χ3v) is 4.78. The molecule has 2 heterocycles. The summed E-state index contributed by atoms with van der Waals surface area (Å²) in [6.07, 6.45) is 0.530. The first kappa shape index (κ1) is 15.8. The Morgan fingerprint density at radius 1 is 1.35 bits per heavy atom. The number of ether oxygens (including phenoxy) is 1. The summed E-state index contributed by atoms with van der Waals surface area (Å²) < 4.78 is 17.0. The van der Waals surface area contributed by atoms with Gasteiger partial charge in [-0.1, -0.05) is 30.3 Å². The van der Waals surface area contributed by atoms with E-state index in [0.29, 0.717) is 13.0 Å². The van der Waals surface area contributed by atoms with Crippen molar-refractivity contribution < 1.29 is 18.7 Å². The van der Waals surface area contributed by atoms with Crippen LogP contribution in [0, 0.1) is 0 Å². The van der Waals surface area contributed by atoms with Gasteiger partial charge in [-0.2, -0.15) is 0 Å². The van der Waals surface area contributed by atoms with Gasteiger partial charge in [-0.15, -0.1) is 0 Å². The fourth-order valence-corrected chi connectivity index (χ4v) is 3.71. The highest BCUT2D eigenvalue weighted by Gasteiger charge is 2.50. The van der Waals surface area contributed by atoms with Crippen LogP contribution in [0.25, 0.3) is 0 Å². The minimum absolute atomic E-state index is 0.00985. The largest absolute Gasteiger partial charge is 0.447 e. The molecule has 2 aliphatic rings. The first-order valence-corrected chi connectivity index (χ1v) is 7.99. The van der Waals surface area contributed by atoms with E-state index in [-0.39, 0.29) is 30.6 Å². The maximum atomic E-state index is 12.5. The first-order valence-electron chi connectivity index (χ1n) is 7.99. The molecule has 0 spiro atoms. The Labute approximate surface area is 135 Å². The molecule has 2 saturated heterocycles. The van der Waals surface area contributed by atoms with E-state index in [1.54, 1.807) is 4.90 Å². The lowest BCUT2D eigenvalue weighted by atomic mass is 10.0. The van der Waals surface area contributed by atoms with E-state index in [9.17, 15) is 14.0 Å². The number of hydrogen-bond donors (Lipinski definition) is 0. The maximum Gasteiger partial charge on any atom is 0.410 e. The van der Waals surface area contributed by atoms with Gasteiger partial charge in [-0.25, -0.2) is 9.18 Å². The van der Waals surface area contributed by atoms with Crippen LogP contribution in [0.4, 0.5) is 9.18 Å². The molecule has 0 bridgehead atoms. The summed E-state index contributed by atoms with van der Waals surface area (Å²) >= 11 is 0. The fourth-order valence-electron chi connectivity index (χ4n) is 3.71. The van der Waals surface area contributed by atoms with Crippen molar-refractivity contribution in [3.8, 4) is 0 Å². The van der Waals surface area contributed by atoms with Crippen LogP contribution in [-0.4, -0.2) is 53.7 Å². The highest BCUT2D eigenvalue weighted by atomic mass is 19.1. The van der Waals surface area contributed by atoms with E-state index >= 15 is 0 Å². The smallest absolute Gasteiger partial charge is 0.410 e. The topological polar surface area (TPSA) is 49.9 Å². The fraction of sp³-hybridized carbons (Fsp3) is 0.529. The zero-order valence-corrected chi connectivity index (χ0v) is 13.2. The molecule has 2 fully saturated rings. The van der Waals surface area contributed by atoms with E-state index in [1.165, 1.54) is 0 Å². The van der Waals surface area contributed by atoms with Gasteiger partial charge < -0.3 is 14.5 Å². The lowest BCUT2D eigenvalue weighted by Gasteiger charge is -2.30. The Morgan fingerprint density at radius 2 is 2.09 bits per heavy atom. The van der Waals surface area contributed by atoms with Crippen molar-refractivity contribution in [2.75, 3.05) is 19.8 Å². The molecule has 0 aromatic heterocycles. The number of likely N-dealkylation sites (tertiary alicyclic amines) is 2. The number of rotatable bonds is 4. The molecule has 5 nitrogen and oxygen atoms in total. The zero-order chi connectivity index (χ0) is 16.4. The van der Waals surface area contributed by atoms with Gasteiger partial charge >= 0.3 is 6.09 Å². The Kier molecular flexibility index (Phi) is 4.50. The van der Waals surface area contributed by atoms with Gasteiger partial charge in [0.2, 0.25) is 5.91 Å². The van der Waals surface area contributed by atoms with Gasteiger partial charge in [0.15, 0.2) is 0 Å². The minimum atomic E-state index is -0.691. The second kappa shape index (κ2) is 6.56. The Morgan fingerprint density at radius 3 is 2.78 bits per heavy atom. The normalized spacial score (nSPS) is 24.7. The van der Waals surface area contributed by atoms with Crippen LogP contribution in [0.15, 0.2) is 30.3 Å². The molecule has 3 atom stereocenters. The average Bonchev–Trinajstić information content (AvgIpc) is 3.10. The Bertz CT molecular complexity index is 580. The quantitative estimate of drug-likeness (QED) is 0.856. The molecule has 2 amide bonds. The van der Waals surface area contributed by atoms with E-state index < -0.39 is 12.8 Å². The molecule has 0 radical (unpaired) electrons. The molecule has 3 rings (SSSR count). The SMILES string of the molecule is C[C@H](c1ccccc1)N1C(=O)C[C@H]2[C@@H]1CCN2C(=O)OCCF. The van der Waals surface area contributed by atoms with Crippen LogP contribution in [-0.2, 0) is 9.53 Å². The molecule has 2 aliphatic heterocycles. The van der Waals surface area contributed by atoms with E-state index in [2.05, 4.69) is 0 Å². The highest BCUT2D eigenvalue weighted by Crippen LogP contribution is 2.38. The minimum Gasteiger partial charge on any atom is -0.447 e. The molecule has 0 aliphatic carbocycles. The van der Waals surface area contributed by atoms with Crippen molar-refractivity contribution in [2.24, 2.45) is 0 Å². The standard InChI is InChI=1S/C17H21FN2O3/c1-12(13-5-3-2-4-6-13)20-14-7-9-19(15(14)11-16(20)21)17(22)23-10-8-18/h2-6,12,14-15H,7-11H2,1H3/t12-,14+,15+/m1/s1. The van der Waals surface area contributed by atoms with Crippen molar-refractivity contribution in [3.63, 3.8) is 0 Å². The van der Waals surface area contributed by atoms with Crippen molar-refractivity contribution >= 4 is 12.0 Å². The molecule has 0 saturated carbocycles. The monoisotopic (exact) mass is 320 g/mol. The summed E-state index contributed by atoms with van der Waals surface area (Å²) in [6.45, 7) is 1.64. The summed E-state index contributed by atoms with van der Waals surface area (Å²) in [6, 6.07) is 9.69. The summed E-state index contributed by atoms with van der Waals surface area (Å²) in [4.78, 5) is 27.9. The van der Waals surface area contributed by atoms with Gasteiger partial charge in [0, 0.05) is 13.0 Å². The molecular formula is C17H21FN2O3. The number of benzene rings is 1. The molecular weight excluding hydrogens is 299 g/mol. The Balaban J connectivity index is 1.74. The zero-order valence-electron chi connectivity index (χ0n) is 13.2. The third kappa shape index (κ3) is 2.90. The van der Waals surface area contributed by atoms with Gasteiger partial charge in [-0.3, -0.25) is 4.79 Å². The van der Waals surface area contributed by atoms with Crippen LogP contribution in [0.1, 0.15) is 31.4 Å². The van der Waals surface area contributed by atoms with Crippen LogP contribution in [0.3, 0.4) is 0 Å².